The summed E-state index contributed by atoms with van der Waals surface area (Å²) in [5.41, 5.74) is 2.53. The van der Waals surface area contributed by atoms with Crippen molar-refractivity contribution >= 4 is 11.9 Å². The molecule has 3 aromatic rings. The molecule has 0 radical (unpaired) electrons. The van der Waals surface area contributed by atoms with Crippen LogP contribution in [-0.2, 0) is 6.54 Å². The fraction of sp³-hybridized carbons (Fsp3) is 0.0500. The highest BCUT2D eigenvalue weighted by Gasteiger charge is 2.11. The van der Waals surface area contributed by atoms with Crippen molar-refractivity contribution < 1.29 is 19.1 Å². The molecular weight excluding hydrogens is 332 g/mol. The number of carboxylic acids is 1. The number of carboxylic acid groups (broad SMARTS) is 1. The molecule has 0 aliphatic rings. The van der Waals surface area contributed by atoms with Gasteiger partial charge in [0.1, 0.15) is 5.76 Å². The van der Waals surface area contributed by atoms with Gasteiger partial charge in [-0.1, -0.05) is 18.2 Å². The maximum atomic E-state index is 12.2. The van der Waals surface area contributed by atoms with E-state index in [4.69, 9.17) is 14.8 Å². The van der Waals surface area contributed by atoms with Crippen LogP contribution in [0.4, 0.5) is 0 Å². The number of nitriles is 1. The lowest BCUT2D eigenvalue weighted by molar-refractivity contribution is 0.0663. The molecular formula is C20H14N2O4. The summed E-state index contributed by atoms with van der Waals surface area (Å²) in [5, 5.41) is 20.5. The Labute approximate surface area is 149 Å². The summed E-state index contributed by atoms with van der Waals surface area (Å²) < 4.78 is 5.29. The number of nitrogens with one attached hydrogen (secondary N) is 1. The fourth-order valence-electron chi connectivity index (χ4n) is 2.42. The normalized spacial score (nSPS) is 10.1. The van der Waals surface area contributed by atoms with Crippen LogP contribution in [0.25, 0.3) is 11.3 Å². The van der Waals surface area contributed by atoms with E-state index >= 15 is 0 Å². The third-order valence-corrected chi connectivity index (χ3v) is 3.76. The van der Waals surface area contributed by atoms with Crippen molar-refractivity contribution in [2.45, 2.75) is 6.54 Å². The molecule has 0 unspecified atom stereocenters. The van der Waals surface area contributed by atoms with E-state index in [-0.39, 0.29) is 11.7 Å². The summed E-state index contributed by atoms with van der Waals surface area (Å²) in [6.45, 7) is 0.305. The van der Waals surface area contributed by atoms with Gasteiger partial charge in [0.05, 0.1) is 11.6 Å². The Morgan fingerprint density at radius 2 is 1.85 bits per heavy atom. The van der Waals surface area contributed by atoms with Gasteiger partial charge in [-0.05, 0) is 48.0 Å². The molecule has 3 rings (SSSR count). The Kier molecular flexibility index (Phi) is 4.81. The minimum atomic E-state index is -1.12. The second-order valence-electron chi connectivity index (χ2n) is 5.54. The minimum absolute atomic E-state index is 0.125. The van der Waals surface area contributed by atoms with Gasteiger partial charge in [0.2, 0.25) is 5.76 Å². The second-order valence-corrected chi connectivity index (χ2v) is 5.54. The average Bonchev–Trinajstić information content (AvgIpc) is 3.17. The van der Waals surface area contributed by atoms with Crippen LogP contribution >= 0.6 is 0 Å². The number of hydrogen-bond acceptors (Lipinski definition) is 4. The van der Waals surface area contributed by atoms with E-state index in [1.807, 2.05) is 24.3 Å². The van der Waals surface area contributed by atoms with Gasteiger partial charge < -0.3 is 14.8 Å². The summed E-state index contributed by atoms with van der Waals surface area (Å²) >= 11 is 0. The predicted molar refractivity (Wildman–Crippen MR) is 93.4 cm³/mol. The lowest BCUT2D eigenvalue weighted by Gasteiger charge is -2.07. The number of hydrogen-bond donors (Lipinski definition) is 2. The second kappa shape index (κ2) is 7.36. The molecule has 2 aromatic carbocycles. The molecule has 0 fully saturated rings. The van der Waals surface area contributed by atoms with Crippen LogP contribution in [-0.4, -0.2) is 17.0 Å². The zero-order valence-electron chi connectivity index (χ0n) is 13.6. The highest BCUT2D eigenvalue weighted by atomic mass is 16.4. The predicted octanol–water partition coefficient (Wildman–Crippen LogP) is 3.45. The van der Waals surface area contributed by atoms with Crippen LogP contribution in [0.2, 0.25) is 0 Å². The van der Waals surface area contributed by atoms with Gasteiger partial charge in [-0.25, -0.2) is 4.79 Å². The number of carbonyl (C=O) groups excluding carboxylic acids is 1. The van der Waals surface area contributed by atoms with E-state index in [0.717, 1.165) is 11.1 Å². The molecule has 0 aliphatic carbocycles. The molecule has 0 saturated heterocycles. The lowest BCUT2D eigenvalue weighted by Crippen LogP contribution is -2.22. The molecule has 6 nitrogen and oxygen atoms in total. The van der Waals surface area contributed by atoms with Crippen LogP contribution in [0.15, 0.2) is 65.1 Å². The van der Waals surface area contributed by atoms with Gasteiger partial charge in [0, 0.05) is 17.7 Å². The maximum Gasteiger partial charge on any atom is 0.371 e. The third-order valence-electron chi connectivity index (χ3n) is 3.76. The first-order chi connectivity index (χ1) is 12.6. The average molecular weight is 346 g/mol. The van der Waals surface area contributed by atoms with Crippen molar-refractivity contribution in [2.75, 3.05) is 0 Å². The van der Waals surface area contributed by atoms with E-state index in [9.17, 15) is 9.59 Å². The molecule has 128 valence electrons. The Bertz CT molecular complexity index is 997. The van der Waals surface area contributed by atoms with Crippen molar-refractivity contribution in [3.05, 3.63) is 83.1 Å². The van der Waals surface area contributed by atoms with Crippen LogP contribution in [0, 0.1) is 11.3 Å². The largest absolute Gasteiger partial charge is 0.475 e. The summed E-state index contributed by atoms with van der Waals surface area (Å²) in [7, 11) is 0. The quantitative estimate of drug-likeness (QED) is 0.736. The molecule has 26 heavy (non-hydrogen) atoms. The molecule has 1 amide bonds. The monoisotopic (exact) mass is 346 g/mol. The molecule has 1 aromatic heterocycles. The highest BCUT2D eigenvalue weighted by molar-refractivity contribution is 5.94. The molecule has 0 aliphatic heterocycles. The van der Waals surface area contributed by atoms with E-state index in [0.29, 0.717) is 23.4 Å². The molecule has 0 atom stereocenters. The number of benzene rings is 2. The van der Waals surface area contributed by atoms with Crippen LogP contribution in [0.1, 0.15) is 32.0 Å². The molecule has 6 heteroatoms. The Hall–Kier alpha value is -3.85. The number of furan rings is 1. The van der Waals surface area contributed by atoms with Crippen LogP contribution in [0.5, 0.6) is 0 Å². The summed E-state index contributed by atoms with van der Waals surface area (Å²) in [6.07, 6.45) is 0. The summed E-state index contributed by atoms with van der Waals surface area (Å²) in [4.78, 5) is 23.1. The van der Waals surface area contributed by atoms with Gasteiger partial charge in [-0.2, -0.15) is 5.26 Å². The van der Waals surface area contributed by atoms with E-state index in [2.05, 4.69) is 5.32 Å². The van der Waals surface area contributed by atoms with Gasteiger partial charge in [0.15, 0.2) is 0 Å². The number of carbonyl (C=O) groups is 2. The van der Waals surface area contributed by atoms with E-state index in [1.54, 1.807) is 36.4 Å². The van der Waals surface area contributed by atoms with Crippen molar-refractivity contribution in [3.63, 3.8) is 0 Å². The topological polar surface area (TPSA) is 103 Å². The molecule has 2 N–H and O–H groups in total. The first kappa shape index (κ1) is 17.0. The van der Waals surface area contributed by atoms with Crippen molar-refractivity contribution in [2.24, 2.45) is 0 Å². The summed E-state index contributed by atoms with van der Waals surface area (Å²) in [6, 6.07) is 18.7. The number of nitrogens with zero attached hydrogens (tertiary/aromatic N) is 1. The molecule has 1 heterocycles. The zero-order chi connectivity index (χ0) is 18.5. The maximum absolute atomic E-state index is 12.2. The summed E-state index contributed by atoms with van der Waals surface area (Å²) in [5.74, 6) is -1.05. The molecule has 0 saturated carbocycles. The lowest BCUT2D eigenvalue weighted by atomic mass is 10.1. The van der Waals surface area contributed by atoms with Gasteiger partial charge in [0.25, 0.3) is 5.91 Å². The van der Waals surface area contributed by atoms with Crippen molar-refractivity contribution in [1.82, 2.24) is 5.32 Å². The smallest absolute Gasteiger partial charge is 0.371 e. The zero-order valence-corrected chi connectivity index (χ0v) is 13.6. The number of rotatable bonds is 5. The van der Waals surface area contributed by atoms with E-state index in [1.165, 1.54) is 6.07 Å². The SMILES string of the molecule is N#Cc1ccc(C(=O)NCc2cccc(-c3ccc(C(=O)O)o3)c2)cc1. The van der Waals surface area contributed by atoms with Gasteiger partial charge in [-0.3, -0.25) is 4.79 Å². The Morgan fingerprint density at radius 3 is 2.50 bits per heavy atom. The molecule has 0 spiro atoms. The first-order valence-corrected chi connectivity index (χ1v) is 7.77. The Balaban J connectivity index is 1.69. The number of aromatic carboxylic acids is 1. The van der Waals surface area contributed by atoms with E-state index < -0.39 is 5.97 Å². The third kappa shape index (κ3) is 3.79. The minimum Gasteiger partial charge on any atom is -0.475 e. The molecule has 0 bridgehead atoms. The Morgan fingerprint density at radius 1 is 1.08 bits per heavy atom. The highest BCUT2D eigenvalue weighted by Crippen LogP contribution is 2.23. The van der Waals surface area contributed by atoms with Gasteiger partial charge >= 0.3 is 5.97 Å². The van der Waals surface area contributed by atoms with Crippen molar-refractivity contribution in [3.8, 4) is 17.4 Å². The van der Waals surface area contributed by atoms with Crippen LogP contribution < -0.4 is 5.32 Å². The fourth-order valence-corrected chi connectivity index (χ4v) is 2.42. The number of amides is 1. The van der Waals surface area contributed by atoms with Gasteiger partial charge in [-0.15, -0.1) is 0 Å². The first-order valence-electron chi connectivity index (χ1n) is 7.77. The van der Waals surface area contributed by atoms with Crippen LogP contribution in [0.3, 0.4) is 0 Å². The standard InChI is InChI=1S/C20H14N2O4/c21-11-13-4-6-15(7-5-13)19(23)22-12-14-2-1-3-16(10-14)17-8-9-18(26-17)20(24)25/h1-10H,12H2,(H,22,23)(H,24,25). The van der Waals surface area contributed by atoms with Crippen molar-refractivity contribution in [1.29, 1.82) is 5.26 Å².